The standard InChI is InChI=1S/C33H31NP2/c1-5-16-29(17-6-1)35(30-18-7-2-8-19-30)26-25-34-27-28-15-13-14-24-33(28)36(31-20-9-3-10-21-31)32-22-11-4-12-23-32/h1-24,34H,25-27H2. The highest BCUT2D eigenvalue weighted by molar-refractivity contribution is 7.80. The summed E-state index contributed by atoms with van der Waals surface area (Å²) in [7, 11) is -0.990. The normalized spacial score (nSPS) is 11.2. The Hall–Kier alpha value is -3.08. The van der Waals surface area contributed by atoms with Crippen LogP contribution >= 0.6 is 15.8 Å². The summed E-state index contributed by atoms with van der Waals surface area (Å²) < 4.78 is 0. The zero-order chi connectivity index (χ0) is 24.4. The van der Waals surface area contributed by atoms with Crippen LogP contribution in [0.15, 0.2) is 146 Å². The Morgan fingerprint density at radius 2 is 0.861 bits per heavy atom. The van der Waals surface area contributed by atoms with Gasteiger partial charge in [0.2, 0.25) is 0 Å². The summed E-state index contributed by atoms with van der Waals surface area (Å²) >= 11 is 0. The molecule has 0 atom stereocenters. The highest BCUT2D eigenvalue weighted by Crippen LogP contribution is 2.34. The van der Waals surface area contributed by atoms with E-state index >= 15 is 0 Å². The lowest BCUT2D eigenvalue weighted by atomic mass is 10.2. The molecule has 0 amide bonds. The van der Waals surface area contributed by atoms with E-state index in [9.17, 15) is 0 Å². The number of rotatable bonds is 10. The van der Waals surface area contributed by atoms with Crippen molar-refractivity contribution in [1.82, 2.24) is 5.32 Å². The summed E-state index contributed by atoms with van der Waals surface area (Å²) in [5.74, 6) is 0. The Balaban J connectivity index is 1.34. The Labute approximate surface area is 217 Å². The molecule has 0 aromatic heterocycles. The maximum atomic E-state index is 3.80. The van der Waals surface area contributed by atoms with Crippen LogP contribution in [0.2, 0.25) is 0 Å². The van der Waals surface area contributed by atoms with Gasteiger partial charge >= 0.3 is 0 Å². The van der Waals surface area contributed by atoms with E-state index < -0.39 is 7.92 Å². The van der Waals surface area contributed by atoms with Crippen LogP contribution in [0, 0.1) is 0 Å². The molecular weight excluding hydrogens is 472 g/mol. The van der Waals surface area contributed by atoms with Crippen molar-refractivity contribution in [2.24, 2.45) is 0 Å². The van der Waals surface area contributed by atoms with Crippen LogP contribution in [-0.2, 0) is 6.54 Å². The van der Waals surface area contributed by atoms with Crippen molar-refractivity contribution >= 4 is 42.4 Å². The molecule has 36 heavy (non-hydrogen) atoms. The molecule has 0 spiro atoms. The van der Waals surface area contributed by atoms with Gasteiger partial charge in [0, 0.05) is 6.54 Å². The summed E-state index contributed by atoms with van der Waals surface area (Å²) in [5, 5.41) is 10.9. The Morgan fingerprint density at radius 3 is 1.36 bits per heavy atom. The molecule has 3 heteroatoms. The van der Waals surface area contributed by atoms with Crippen LogP contribution in [-0.4, -0.2) is 12.7 Å². The van der Waals surface area contributed by atoms with Gasteiger partial charge in [0.1, 0.15) is 0 Å². The number of nitrogens with one attached hydrogen (secondary N) is 1. The smallest absolute Gasteiger partial charge is 0.0212 e. The third-order valence-corrected chi connectivity index (χ3v) is 11.3. The molecule has 0 aliphatic rings. The topological polar surface area (TPSA) is 12.0 Å². The highest BCUT2D eigenvalue weighted by atomic mass is 31.1. The summed E-state index contributed by atoms with van der Waals surface area (Å²) in [6, 6.07) is 52.9. The van der Waals surface area contributed by atoms with Gasteiger partial charge in [-0.3, -0.25) is 0 Å². The molecule has 0 fully saturated rings. The minimum Gasteiger partial charge on any atom is -0.312 e. The van der Waals surface area contributed by atoms with Gasteiger partial charge in [0.25, 0.3) is 0 Å². The van der Waals surface area contributed by atoms with Crippen LogP contribution < -0.4 is 31.8 Å². The van der Waals surface area contributed by atoms with Crippen molar-refractivity contribution in [3.63, 3.8) is 0 Å². The molecule has 0 saturated carbocycles. The first-order valence-electron chi connectivity index (χ1n) is 12.5. The van der Waals surface area contributed by atoms with E-state index in [1.807, 2.05) is 0 Å². The van der Waals surface area contributed by atoms with Crippen molar-refractivity contribution < 1.29 is 0 Å². The fourth-order valence-corrected chi connectivity index (χ4v) is 9.23. The van der Waals surface area contributed by atoms with E-state index in [-0.39, 0.29) is 7.92 Å². The molecule has 0 aliphatic heterocycles. The minimum absolute atomic E-state index is 0.382. The third kappa shape index (κ3) is 6.18. The van der Waals surface area contributed by atoms with Crippen LogP contribution in [0.4, 0.5) is 0 Å². The van der Waals surface area contributed by atoms with Crippen molar-refractivity contribution in [2.45, 2.75) is 6.54 Å². The maximum Gasteiger partial charge on any atom is 0.0212 e. The average molecular weight is 504 g/mol. The summed E-state index contributed by atoms with van der Waals surface area (Å²) in [4.78, 5) is 0. The van der Waals surface area contributed by atoms with Crippen LogP contribution in [0.5, 0.6) is 0 Å². The average Bonchev–Trinajstić information content (AvgIpc) is 2.96. The summed E-state index contributed by atoms with van der Waals surface area (Å²) in [6.07, 6.45) is 1.12. The molecule has 0 unspecified atom stereocenters. The number of hydrogen-bond acceptors (Lipinski definition) is 1. The maximum absolute atomic E-state index is 3.80. The van der Waals surface area contributed by atoms with Gasteiger partial charge < -0.3 is 5.32 Å². The molecule has 1 N–H and O–H groups in total. The van der Waals surface area contributed by atoms with E-state index in [0.29, 0.717) is 0 Å². The lowest BCUT2D eigenvalue weighted by Crippen LogP contribution is -2.27. The summed E-state index contributed by atoms with van der Waals surface area (Å²) in [6.45, 7) is 1.86. The van der Waals surface area contributed by atoms with Crippen molar-refractivity contribution in [3.8, 4) is 0 Å². The van der Waals surface area contributed by atoms with Crippen LogP contribution in [0.25, 0.3) is 0 Å². The lowest BCUT2D eigenvalue weighted by molar-refractivity contribution is 0.733. The highest BCUT2D eigenvalue weighted by Gasteiger charge is 2.19. The Morgan fingerprint density at radius 1 is 0.444 bits per heavy atom. The van der Waals surface area contributed by atoms with Crippen molar-refractivity contribution in [2.75, 3.05) is 12.7 Å². The molecular formula is C33H31NP2. The van der Waals surface area contributed by atoms with E-state index in [2.05, 4.69) is 151 Å². The second-order valence-corrected chi connectivity index (χ2v) is 13.2. The van der Waals surface area contributed by atoms with E-state index in [1.165, 1.54) is 32.1 Å². The van der Waals surface area contributed by atoms with Gasteiger partial charge in [-0.15, -0.1) is 0 Å². The lowest BCUT2D eigenvalue weighted by Gasteiger charge is -2.23. The fraction of sp³-hybridized carbons (Fsp3) is 0.0909. The molecule has 0 radical (unpaired) electrons. The predicted octanol–water partition coefficient (Wildman–Crippen LogP) is 5.67. The second kappa shape index (κ2) is 12.8. The molecule has 0 bridgehead atoms. The van der Waals surface area contributed by atoms with Crippen LogP contribution in [0.1, 0.15) is 5.56 Å². The van der Waals surface area contributed by atoms with Crippen molar-refractivity contribution in [3.05, 3.63) is 151 Å². The quantitative estimate of drug-likeness (QED) is 0.191. The van der Waals surface area contributed by atoms with E-state index in [4.69, 9.17) is 0 Å². The first-order valence-corrected chi connectivity index (χ1v) is 15.3. The predicted molar refractivity (Wildman–Crippen MR) is 161 cm³/mol. The van der Waals surface area contributed by atoms with E-state index in [1.54, 1.807) is 0 Å². The zero-order valence-electron chi connectivity index (χ0n) is 20.4. The van der Waals surface area contributed by atoms with Gasteiger partial charge in [-0.25, -0.2) is 0 Å². The summed E-state index contributed by atoms with van der Waals surface area (Å²) in [5.41, 5.74) is 1.39. The first kappa shape index (κ1) is 24.6. The number of benzene rings is 5. The second-order valence-electron chi connectivity index (χ2n) is 8.63. The van der Waals surface area contributed by atoms with Gasteiger partial charge in [-0.05, 0) is 60.6 Å². The zero-order valence-corrected chi connectivity index (χ0v) is 22.2. The SMILES string of the molecule is c1ccc(P(CCNCc2ccccc2P(c2ccccc2)c2ccccc2)c2ccccc2)cc1. The molecule has 0 aliphatic carbocycles. The van der Waals surface area contributed by atoms with Crippen LogP contribution in [0.3, 0.4) is 0 Å². The van der Waals surface area contributed by atoms with Gasteiger partial charge in [-0.1, -0.05) is 146 Å². The molecule has 5 aromatic rings. The largest absolute Gasteiger partial charge is 0.312 e. The molecule has 1 nitrogen and oxygen atoms in total. The molecule has 5 aromatic carbocycles. The van der Waals surface area contributed by atoms with Gasteiger partial charge in [-0.2, -0.15) is 0 Å². The molecule has 178 valence electrons. The van der Waals surface area contributed by atoms with Gasteiger partial charge in [0.05, 0.1) is 0 Å². The Bertz CT molecular complexity index is 1250. The molecule has 5 rings (SSSR count). The van der Waals surface area contributed by atoms with E-state index in [0.717, 1.165) is 19.3 Å². The van der Waals surface area contributed by atoms with Gasteiger partial charge in [0.15, 0.2) is 0 Å². The number of hydrogen-bond donors (Lipinski definition) is 1. The first-order chi connectivity index (χ1) is 17.9. The monoisotopic (exact) mass is 503 g/mol. The molecule has 0 saturated heterocycles. The Kier molecular flexibility index (Phi) is 8.72. The molecule has 0 heterocycles. The third-order valence-electron chi connectivity index (χ3n) is 6.22. The fourth-order valence-electron chi connectivity index (χ4n) is 4.50. The van der Waals surface area contributed by atoms with Crippen molar-refractivity contribution in [1.29, 1.82) is 0 Å². The minimum atomic E-state index is -0.608.